The van der Waals surface area contributed by atoms with Gasteiger partial charge in [0, 0.05) is 24.2 Å². The van der Waals surface area contributed by atoms with Gasteiger partial charge in [-0.15, -0.1) is 4.58 Å². The molecule has 1 unspecified atom stereocenters. The van der Waals surface area contributed by atoms with Crippen molar-refractivity contribution < 1.29 is 14.2 Å². The number of likely N-dealkylation sites (tertiary alicyclic amines) is 1. The molecule has 4 nitrogen and oxygen atoms in total. The van der Waals surface area contributed by atoms with Crippen LogP contribution >= 0.6 is 23.4 Å². The maximum absolute atomic E-state index is 13.2. The van der Waals surface area contributed by atoms with E-state index in [4.69, 9.17) is 11.6 Å². The smallest absolute Gasteiger partial charge is 0.337 e. The van der Waals surface area contributed by atoms with Crippen LogP contribution in [-0.2, 0) is 9.59 Å². The van der Waals surface area contributed by atoms with Gasteiger partial charge >= 0.3 is 5.91 Å². The van der Waals surface area contributed by atoms with Crippen molar-refractivity contribution in [3.63, 3.8) is 0 Å². The van der Waals surface area contributed by atoms with E-state index in [2.05, 4.69) is 6.08 Å². The van der Waals surface area contributed by atoms with Gasteiger partial charge in [0.15, 0.2) is 0 Å². The lowest BCUT2D eigenvalue weighted by Gasteiger charge is -2.22. The first-order valence-corrected chi connectivity index (χ1v) is 10.3. The summed E-state index contributed by atoms with van der Waals surface area (Å²) in [6.45, 7) is 1.67. The van der Waals surface area contributed by atoms with Gasteiger partial charge < -0.3 is 4.90 Å². The topological polar surface area (TPSA) is 40.4 Å². The summed E-state index contributed by atoms with van der Waals surface area (Å²) in [6.07, 6.45) is 11.8. The van der Waals surface area contributed by atoms with Crippen molar-refractivity contribution in [1.82, 2.24) is 4.90 Å². The Morgan fingerprint density at radius 1 is 1.30 bits per heavy atom. The Morgan fingerprint density at radius 2 is 2.11 bits per heavy atom. The normalized spacial score (nSPS) is 23.3. The Bertz CT molecular complexity index is 911. The number of rotatable bonds is 3. The minimum Gasteiger partial charge on any atom is -0.337 e. The van der Waals surface area contributed by atoms with Crippen molar-refractivity contribution in [2.24, 2.45) is 0 Å². The Hall–Kier alpha value is -2.11. The third-order valence-electron chi connectivity index (χ3n) is 4.88. The van der Waals surface area contributed by atoms with E-state index in [-0.39, 0.29) is 23.6 Å². The van der Waals surface area contributed by atoms with Crippen molar-refractivity contribution in [3.05, 3.63) is 64.1 Å². The Labute approximate surface area is 167 Å². The first-order chi connectivity index (χ1) is 13.1. The summed E-state index contributed by atoms with van der Waals surface area (Å²) < 4.78 is 1.64. The number of allylic oxidation sites excluding steroid dienone is 3. The lowest BCUT2D eigenvalue weighted by molar-refractivity contribution is -0.435. The van der Waals surface area contributed by atoms with E-state index in [0.717, 1.165) is 37.2 Å². The molecule has 1 aromatic carbocycles. The highest BCUT2D eigenvalue weighted by Crippen LogP contribution is 2.33. The van der Waals surface area contributed by atoms with Gasteiger partial charge in [0.2, 0.25) is 12.3 Å². The number of amides is 2. The van der Waals surface area contributed by atoms with Gasteiger partial charge in [0.25, 0.3) is 5.91 Å². The van der Waals surface area contributed by atoms with Crippen LogP contribution in [-0.4, -0.2) is 51.9 Å². The van der Waals surface area contributed by atoms with E-state index < -0.39 is 0 Å². The maximum Gasteiger partial charge on any atom is 0.426 e. The van der Waals surface area contributed by atoms with Gasteiger partial charge in [-0.05, 0) is 36.6 Å². The van der Waals surface area contributed by atoms with Crippen LogP contribution < -0.4 is 0 Å². The molecule has 6 heteroatoms. The van der Waals surface area contributed by atoms with Crippen molar-refractivity contribution in [3.8, 4) is 0 Å². The predicted octanol–water partition coefficient (Wildman–Crippen LogP) is 3.52. The average Bonchev–Trinajstić information content (AvgIpc) is 3.20. The van der Waals surface area contributed by atoms with Gasteiger partial charge in [0.05, 0.1) is 0 Å². The number of carbonyl (C=O) groups excluding carboxylic acids is 2. The van der Waals surface area contributed by atoms with Crippen LogP contribution in [0, 0.1) is 0 Å². The molecule has 0 N–H and O–H groups in total. The van der Waals surface area contributed by atoms with E-state index in [1.165, 1.54) is 11.8 Å². The molecule has 138 valence electrons. The predicted molar refractivity (Wildman–Crippen MR) is 110 cm³/mol. The van der Waals surface area contributed by atoms with Crippen molar-refractivity contribution >= 4 is 47.0 Å². The summed E-state index contributed by atoms with van der Waals surface area (Å²) in [5.74, 6) is -0.109. The molecule has 1 saturated heterocycles. The monoisotopic (exact) mass is 399 g/mol. The second-order valence-corrected chi connectivity index (χ2v) is 8.37. The molecule has 0 bridgehead atoms. The summed E-state index contributed by atoms with van der Waals surface area (Å²) in [5.41, 5.74) is 1.76. The minimum atomic E-state index is -0.126. The van der Waals surface area contributed by atoms with Crippen LogP contribution in [0.2, 0.25) is 5.02 Å². The SMILES string of the molecule is O=C(C[N+]1=C2C=CC=CC2S/C(=C/c2cccc(Cl)c2)C1=O)N1CCCC1. The lowest BCUT2D eigenvalue weighted by atomic mass is 10.1. The molecule has 0 aromatic heterocycles. The quantitative estimate of drug-likeness (QED) is 0.576. The summed E-state index contributed by atoms with van der Waals surface area (Å²) in [7, 11) is 0. The Kier molecular flexibility index (Phi) is 5.32. The number of thioether (sulfide) groups is 1. The number of hydrogen-bond acceptors (Lipinski definition) is 3. The Morgan fingerprint density at radius 3 is 2.89 bits per heavy atom. The number of halogens is 1. The summed E-state index contributed by atoms with van der Waals surface area (Å²) in [5, 5.41) is 0.663. The highest BCUT2D eigenvalue weighted by atomic mass is 35.5. The highest BCUT2D eigenvalue weighted by molar-refractivity contribution is 8.05. The average molecular weight is 400 g/mol. The number of carbonyl (C=O) groups is 2. The van der Waals surface area contributed by atoms with E-state index in [1.54, 1.807) is 10.6 Å². The Balaban J connectivity index is 1.67. The van der Waals surface area contributed by atoms with Crippen LogP contribution in [0.25, 0.3) is 6.08 Å². The van der Waals surface area contributed by atoms with Gasteiger partial charge in [-0.1, -0.05) is 53.7 Å². The van der Waals surface area contributed by atoms with E-state index in [0.29, 0.717) is 9.93 Å². The molecule has 27 heavy (non-hydrogen) atoms. The van der Waals surface area contributed by atoms with Gasteiger partial charge in [-0.2, -0.15) is 0 Å². The zero-order chi connectivity index (χ0) is 18.8. The van der Waals surface area contributed by atoms with Crippen molar-refractivity contribution in [2.75, 3.05) is 19.6 Å². The first kappa shape index (κ1) is 18.3. The number of nitrogens with zero attached hydrogens (tertiary/aromatic N) is 2. The molecule has 2 aliphatic heterocycles. The fourth-order valence-electron chi connectivity index (χ4n) is 3.50. The molecule has 1 fully saturated rings. The standard InChI is InChI=1S/C21H20ClN2O2S/c22-16-7-5-6-15(12-16)13-19-21(26)24(14-20(25)23-10-3-4-11-23)17-8-1-2-9-18(17)27-19/h1-2,5-9,12-13,18H,3-4,10-11,14H2/q+1/b19-13+. The van der Waals surface area contributed by atoms with Crippen LogP contribution in [0.4, 0.5) is 0 Å². The van der Waals surface area contributed by atoms with Crippen molar-refractivity contribution in [1.29, 1.82) is 0 Å². The van der Waals surface area contributed by atoms with Gasteiger partial charge in [-0.3, -0.25) is 4.79 Å². The largest absolute Gasteiger partial charge is 0.426 e. The van der Waals surface area contributed by atoms with Crippen LogP contribution in [0.5, 0.6) is 0 Å². The zero-order valence-electron chi connectivity index (χ0n) is 14.8. The molecule has 1 atom stereocenters. The number of benzene rings is 1. The fraction of sp³-hybridized carbons (Fsp3) is 0.286. The molecule has 2 amide bonds. The van der Waals surface area contributed by atoms with Crippen LogP contribution in [0.1, 0.15) is 18.4 Å². The molecular weight excluding hydrogens is 380 g/mol. The molecule has 0 spiro atoms. The molecule has 3 aliphatic rings. The molecule has 2 heterocycles. The molecule has 0 radical (unpaired) electrons. The molecule has 4 rings (SSSR count). The van der Waals surface area contributed by atoms with E-state index in [1.807, 2.05) is 47.4 Å². The van der Waals surface area contributed by atoms with E-state index in [9.17, 15) is 9.59 Å². The van der Waals surface area contributed by atoms with Crippen LogP contribution in [0.15, 0.2) is 53.5 Å². The number of fused-ring (bicyclic) bond motifs is 1. The summed E-state index contributed by atoms with van der Waals surface area (Å²) in [6, 6.07) is 7.42. The third-order valence-corrected chi connectivity index (χ3v) is 6.31. The second kappa shape index (κ2) is 7.87. The van der Waals surface area contributed by atoms with E-state index >= 15 is 0 Å². The van der Waals surface area contributed by atoms with Gasteiger partial charge in [-0.25, -0.2) is 4.79 Å². The highest BCUT2D eigenvalue weighted by Gasteiger charge is 2.40. The lowest BCUT2D eigenvalue weighted by Crippen LogP contribution is -2.44. The van der Waals surface area contributed by atoms with Crippen LogP contribution in [0.3, 0.4) is 0 Å². The minimum absolute atomic E-state index is 0.0176. The molecule has 1 aliphatic carbocycles. The molecular formula is C21H20ClN2O2S+. The molecule has 1 aromatic rings. The van der Waals surface area contributed by atoms with Crippen molar-refractivity contribution in [2.45, 2.75) is 18.1 Å². The third kappa shape index (κ3) is 3.94. The fourth-order valence-corrected chi connectivity index (χ4v) is 4.88. The summed E-state index contributed by atoms with van der Waals surface area (Å²) in [4.78, 5) is 28.3. The maximum atomic E-state index is 13.2. The second-order valence-electron chi connectivity index (χ2n) is 6.75. The molecule has 0 saturated carbocycles. The number of hydrogen-bond donors (Lipinski definition) is 0. The van der Waals surface area contributed by atoms with Gasteiger partial charge in [0.1, 0.15) is 10.2 Å². The summed E-state index contributed by atoms with van der Waals surface area (Å²) >= 11 is 7.59. The zero-order valence-corrected chi connectivity index (χ0v) is 16.4. The first-order valence-electron chi connectivity index (χ1n) is 9.07.